The fourth-order valence-electron chi connectivity index (χ4n) is 3.54. The molecule has 31 heavy (non-hydrogen) atoms. The Morgan fingerprint density at radius 3 is 2.35 bits per heavy atom. The van der Waals surface area contributed by atoms with Crippen LogP contribution in [0.15, 0.2) is 72.8 Å². The summed E-state index contributed by atoms with van der Waals surface area (Å²) in [5.41, 5.74) is 3.64. The molecule has 0 aliphatic carbocycles. The number of rotatable bonds is 5. The molecule has 0 aromatic heterocycles. The van der Waals surface area contributed by atoms with Crippen molar-refractivity contribution in [2.24, 2.45) is 0 Å². The molecule has 0 saturated carbocycles. The van der Waals surface area contributed by atoms with Crippen molar-refractivity contribution in [1.82, 2.24) is 0 Å². The van der Waals surface area contributed by atoms with Gasteiger partial charge in [-0.05, 0) is 53.4 Å². The van der Waals surface area contributed by atoms with E-state index in [0.29, 0.717) is 17.4 Å². The van der Waals surface area contributed by atoms with E-state index in [1.165, 1.54) is 17.7 Å². The summed E-state index contributed by atoms with van der Waals surface area (Å²) in [6, 6.07) is 21.3. The van der Waals surface area contributed by atoms with Crippen LogP contribution in [0.5, 0.6) is 0 Å². The van der Waals surface area contributed by atoms with Crippen molar-refractivity contribution < 1.29 is 14.0 Å². The highest BCUT2D eigenvalue weighted by Gasteiger charge is 2.34. The molecule has 0 bridgehead atoms. The maximum Gasteiger partial charge on any atom is 0.258 e. The highest BCUT2D eigenvalue weighted by atomic mass is 32.2. The third-order valence-corrected chi connectivity index (χ3v) is 6.49. The number of thioether (sulfide) groups is 1. The summed E-state index contributed by atoms with van der Waals surface area (Å²) < 4.78 is 13.8. The lowest BCUT2D eigenvalue weighted by Gasteiger charge is -2.25. The summed E-state index contributed by atoms with van der Waals surface area (Å²) in [6.07, 6.45) is 0. The molecule has 1 atom stereocenters. The van der Waals surface area contributed by atoms with E-state index in [1.807, 2.05) is 29.2 Å². The van der Waals surface area contributed by atoms with E-state index in [4.69, 9.17) is 0 Å². The molecule has 0 unspecified atom stereocenters. The van der Waals surface area contributed by atoms with Crippen LogP contribution in [0.4, 0.5) is 15.8 Å². The van der Waals surface area contributed by atoms with E-state index < -0.39 is 11.7 Å². The molecule has 0 radical (unpaired) electrons. The van der Waals surface area contributed by atoms with Crippen molar-refractivity contribution in [3.05, 3.63) is 95.3 Å². The van der Waals surface area contributed by atoms with Crippen LogP contribution >= 0.6 is 11.8 Å². The van der Waals surface area contributed by atoms with Crippen LogP contribution in [-0.2, 0) is 4.79 Å². The molecule has 2 amide bonds. The Hall–Kier alpha value is -3.12. The first-order valence-corrected chi connectivity index (χ1v) is 11.2. The van der Waals surface area contributed by atoms with Gasteiger partial charge < -0.3 is 5.32 Å². The molecule has 158 valence electrons. The summed E-state index contributed by atoms with van der Waals surface area (Å²) >= 11 is 1.58. The molecule has 1 saturated heterocycles. The van der Waals surface area contributed by atoms with Crippen LogP contribution in [-0.4, -0.2) is 17.6 Å². The summed E-state index contributed by atoms with van der Waals surface area (Å²) in [5.74, 6) is -0.132. The first kappa shape index (κ1) is 21.1. The predicted octanol–water partition coefficient (Wildman–Crippen LogP) is 5.98. The molecule has 3 aromatic carbocycles. The molecular formula is C25H23FN2O2S. The predicted molar refractivity (Wildman–Crippen MR) is 124 cm³/mol. The quantitative estimate of drug-likeness (QED) is 0.537. The van der Waals surface area contributed by atoms with E-state index in [9.17, 15) is 14.0 Å². The Kier molecular flexibility index (Phi) is 6.09. The van der Waals surface area contributed by atoms with Gasteiger partial charge in [-0.15, -0.1) is 11.8 Å². The van der Waals surface area contributed by atoms with Gasteiger partial charge >= 0.3 is 0 Å². The average molecular weight is 435 g/mol. The van der Waals surface area contributed by atoms with Gasteiger partial charge in [0, 0.05) is 11.4 Å². The molecule has 4 nitrogen and oxygen atoms in total. The topological polar surface area (TPSA) is 49.4 Å². The molecule has 1 aliphatic rings. The fraction of sp³-hybridized carbons (Fsp3) is 0.200. The van der Waals surface area contributed by atoms with Gasteiger partial charge in [-0.3, -0.25) is 14.5 Å². The van der Waals surface area contributed by atoms with Crippen molar-refractivity contribution >= 4 is 35.0 Å². The molecule has 3 aromatic rings. The summed E-state index contributed by atoms with van der Waals surface area (Å²) in [7, 11) is 0. The highest BCUT2D eigenvalue weighted by Crippen LogP contribution is 2.42. The largest absolute Gasteiger partial charge is 0.322 e. The van der Waals surface area contributed by atoms with E-state index in [2.05, 4.69) is 31.3 Å². The number of nitrogens with zero attached hydrogens (tertiary/aromatic N) is 1. The van der Waals surface area contributed by atoms with Crippen molar-refractivity contribution in [3.63, 3.8) is 0 Å². The van der Waals surface area contributed by atoms with Gasteiger partial charge in [-0.25, -0.2) is 4.39 Å². The number of halogens is 1. The van der Waals surface area contributed by atoms with Crippen LogP contribution in [0.1, 0.15) is 46.6 Å². The van der Waals surface area contributed by atoms with E-state index in [1.54, 1.807) is 36.0 Å². The number of amides is 2. The number of carbonyl (C=O) groups excluding carboxylic acids is 2. The third kappa shape index (κ3) is 4.49. The summed E-state index contributed by atoms with van der Waals surface area (Å²) in [5, 5.41) is 2.59. The minimum absolute atomic E-state index is 0.000425. The zero-order valence-electron chi connectivity index (χ0n) is 17.3. The van der Waals surface area contributed by atoms with Crippen LogP contribution in [0.3, 0.4) is 0 Å². The monoisotopic (exact) mass is 434 g/mol. The minimum Gasteiger partial charge on any atom is -0.322 e. The molecule has 6 heteroatoms. The maximum atomic E-state index is 13.8. The smallest absolute Gasteiger partial charge is 0.258 e. The van der Waals surface area contributed by atoms with E-state index in [0.717, 1.165) is 11.3 Å². The Bertz CT molecular complexity index is 1100. The lowest BCUT2D eigenvalue weighted by Crippen LogP contribution is -2.27. The van der Waals surface area contributed by atoms with Gasteiger partial charge in [-0.1, -0.05) is 50.2 Å². The molecular weight excluding hydrogens is 411 g/mol. The molecule has 0 spiro atoms. The first-order chi connectivity index (χ1) is 14.9. The van der Waals surface area contributed by atoms with Gasteiger partial charge in [-0.2, -0.15) is 0 Å². The lowest BCUT2D eigenvalue weighted by atomic mass is 10.0. The second-order valence-corrected chi connectivity index (χ2v) is 8.80. The number of hydrogen-bond acceptors (Lipinski definition) is 3. The Balaban J connectivity index is 1.51. The lowest BCUT2D eigenvalue weighted by molar-refractivity contribution is -0.115. The van der Waals surface area contributed by atoms with Crippen molar-refractivity contribution in [1.29, 1.82) is 0 Å². The van der Waals surface area contributed by atoms with Crippen molar-refractivity contribution in [2.45, 2.75) is 25.1 Å². The first-order valence-electron chi connectivity index (χ1n) is 10.1. The Labute approximate surface area is 185 Å². The van der Waals surface area contributed by atoms with E-state index >= 15 is 0 Å². The minimum atomic E-state index is -0.559. The average Bonchev–Trinajstić information content (AvgIpc) is 3.16. The second kappa shape index (κ2) is 8.94. The number of nitrogens with one attached hydrogen (secondary N) is 1. The highest BCUT2D eigenvalue weighted by molar-refractivity contribution is 8.00. The van der Waals surface area contributed by atoms with Crippen molar-refractivity contribution in [2.75, 3.05) is 16.0 Å². The maximum absolute atomic E-state index is 13.8. The summed E-state index contributed by atoms with van der Waals surface area (Å²) in [6.45, 7) is 4.28. The van der Waals surface area contributed by atoms with Crippen LogP contribution < -0.4 is 10.2 Å². The van der Waals surface area contributed by atoms with Gasteiger partial charge in [0.1, 0.15) is 11.2 Å². The van der Waals surface area contributed by atoms with E-state index in [-0.39, 0.29) is 16.8 Å². The van der Waals surface area contributed by atoms with Crippen molar-refractivity contribution in [3.8, 4) is 0 Å². The molecule has 1 aliphatic heterocycles. The summed E-state index contributed by atoms with van der Waals surface area (Å²) in [4.78, 5) is 26.7. The number of carbonyl (C=O) groups is 2. The van der Waals surface area contributed by atoms with Crippen LogP contribution in [0.25, 0.3) is 0 Å². The SMILES string of the molecule is CC(C)c1ccc(N2C(=O)CS[C@@H]2c2ccc(NC(=O)c3ccccc3F)cc2)cc1. The van der Waals surface area contributed by atoms with Crippen LogP contribution in [0, 0.1) is 5.82 Å². The van der Waals surface area contributed by atoms with Gasteiger partial charge in [0.2, 0.25) is 5.91 Å². The van der Waals surface area contributed by atoms with Gasteiger partial charge in [0.05, 0.1) is 11.3 Å². The number of anilines is 2. The molecule has 1 fully saturated rings. The Morgan fingerprint density at radius 2 is 1.71 bits per heavy atom. The second-order valence-electron chi connectivity index (χ2n) is 7.73. The fourth-order valence-corrected chi connectivity index (χ4v) is 4.72. The normalized spacial score (nSPS) is 16.1. The van der Waals surface area contributed by atoms with Gasteiger partial charge in [0.25, 0.3) is 5.91 Å². The third-order valence-electron chi connectivity index (χ3n) is 5.28. The number of hydrogen-bond donors (Lipinski definition) is 1. The number of benzene rings is 3. The van der Waals surface area contributed by atoms with Crippen LogP contribution in [0.2, 0.25) is 0 Å². The van der Waals surface area contributed by atoms with Gasteiger partial charge in [0.15, 0.2) is 0 Å². The Morgan fingerprint density at radius 1 is 1.03 bits per heavy atom. The standard InChI is InChI=1S/C25H23FN2O2S/c1-16(2)17-9-13-20(14-10-17)28-23(29)15-31-25(28)18-7-11-19(12-8-18)27-24(30)21-5-3-4-6-22(21)26/h3-14,16,25H,15H2,1-2H3,(H,27,30)/t25-/m1/s1. The molecule has 1 N–H and O–H groups in total. The zero-order valence-corrected chi connectivity index (χ0v) is 18.2. The molecule has 4 rings (SSSR count). The molecule has 1 heterocycles. The zero-order chi connectivity index (χ0) is 22.0.